The molecule has 1 aliphatic rings. The van der Waals surface area contributed by atoms with Gasteiger partial charge in [0, 0.05) is 37.5 Å². The Hall–Kier alpha value is -1.43. The quantitative estimate of drug-likeness (QED) is 0.801. The first-order chi connectivity index (χ1) is 11.7. The molecule has 4 nitrogen and oxygen atoms in total. The molecule has 130 valence electrons. The van der Waals surface area contributed by atoms with Gasteiger partial charge in [0.05, 0.1) is 24.4 Å². The number of piperidine rings is 1. The maximum absolute atomic E-state index is 5.77. The second-order valence-corrected chi connectivity index (χ2v) is 7.41. The van der Waals surface area contributed by atoms with Crippen LogP contribution in [0.4, 0.5) is 0 Å². The van der Waals surface area contributed by atoms with Gasteiger partial charge in [0.25, 0.3) is 0 Å². The Kier molecular flexibility index (Phi) is 5.87. The summed E-state index contributed by atoms with van der Waals surface area (Å²) in [5.41, 5.74) is 4.46. The first kappa shape index (κ1) is 17.4. The maximum atomic E-state index is 5.77. The summed E-state index contributed by atoms with van der Waals surface area (Å²) < 4.78 is 11.0. The zero-order chi connectivity index (χ0) is 16.9. The van der Waals surface area contributed by atoms with Gasteiger partial charge < -0.3 is 9.47 Å². The predicted molar refractivity (Wildman–Crippen MR) is 97.7 cm³/mol. The number of aryl methyl sites for hydroxylation is 1. The van der Waals surface area contributed by atoms with Crippen LogP contribution in [-0.4, -0.2) is 43.3 Å². The van der Waals surface area contributed by atoms with E-state index in [-0.39, 0.29) is 0 Å². The van der Waals surface area contributed by atoms with E-state index in [2.05, 4.69) is 28.9 Å². The largest absolute Gasteiger partial charge is 0.497 e. The van der Waals surface area contributed by atoms with Gasteiger partial charge in [-0.05, 0) is 37.5 Å². The summed E-state index contributed by atoms with van der Waals surface area (Å²) in [4.78, 5) is 8.30. The molecule has 2 aromatic rings. The number of benzene rings is 1. The lowest BCUT2D eigenvalue weighted by atomic mass is 9.88. The Balaban J connectivity index is 1.65. The fraction of sp³-hybridized carbons (Fsp3) is 0.526. The molecule has 2 heterocycles. The molecule has 2 atom stereocenters. The van der Waals surface area contributed by atoms with Gasteiger partial charge in [-0.25, -0.2) is 4.98 Å². The van der Waals surface area contributed by atoms with Crippen molar-refractivity contribution in [2.24, 2.45) is 5.92 Å². The summed E-state index contributed by atoms with van der Waals surface area (Å²) in [6, 6.07) is 8.41. The summed E-state index contributed by atoms with van der Waals surface area (Å²) >= 11 is 1.76. The van der Waals surface area contributed by atoms with E-state index < -0.39 is 0 Å². The van der Waals surface area contributed by atoms with Gasteiger partial charge in [0.1, 0.15) is 5.75 Å². The third-order valence-electron chi connectivity index (χ3n) is 4.92. The summed E-state index contributed by atoms with van der Waals surface area (Å²) in [6.45, 7) is 5.27. The maximum Gasteiger partial charge on any atom is 0.118 e. The van der Waals surface area contributed by atoms with Crippen LogP contribution in [0.2, 0.25) is 0 Å². The van der Waals surface area contributed by atoms with Crippen molar-refractivity contribution in [3.8, 4) is 5.75 Å². The van der Waals surface area contributed by atoms with Crippen LogP contribution in [0.15, 0.2) is 29.8 Å². The molecule has 0 N–H and O–H groups in total. The van der Waals surface area contributed by atoms with Gasteiger partial charge in [-0.1, -0.05) is 12.1 Å². The van der Waals surface area contributed by atoms with E-state index in [1.54, 1.807) is 18.4 Å². The molecule has 0 bridgehead atoms. The molecule has 1 aromatic carbocycles. The monoisotopic (exact) mass is 346 g/mol. The standard InChI is InChI=1S/C19H26N2O2S/c1-14-19(24-13-20-14)12-21-9-8-18(23-3)16(11-21)10-15-4-6-17(22-2)7-5-15/h4-7,13,16,18H,8-12H2,1-3H3/t16-,18+/m0/s1. The van der Waals surface area contributed by atoms with E-state index in [0.29, 0.717) is 12.0 Å². The molecule has 5 heteroatoms. The Labute approximate surface area is 148 Å². The van der Waals surface area contributed by atoms with Gasteiger partial charge in [0.15, 0.2) is 0 Å². The molecular weight excluding hydrogens is 320 g/mol. The molecular formula is C19H26N2O2S. The third kappa shape index (κ3) is 4.15. The minimum atomic E-state index is 0.339. The summed E-state index contributed by atoms with van der Waals surface area (Å²) in [6.07, 6.45) is 2.47. The minimum absolute atomic E-state index is 0.339. The van der Waals surface area contributed by atoms with Gasteiger partial charge in [-0.3, -0.25) is 4.90 Å². The Morgan fingerprint density at radius 1 is 1.25 bits per heavy atom. The first-order valence-corrected chi connectivity index (χ1v) is 9.34. The highest BCUT2D eigenvalue weighted by atomic mass is 32.1. The van der Waals surface area contributed by atoms with Gasteiger partial charge in [0.2, 0.25) is 0 Å². The number of hydrogen-bond donors (Lipinski definition) is 0. The van der Waals surface area contributed by atoms with E-state index in [1.165, 1.54) is 16.1 Å². The van der Waals surface area contributed by atoms with Crippen LogP contribution in [0.25, 0.3) is 0 Å². The van der Waals surface area contributed by atoms with Crippen LogP contribution in [0.3, 0.4) is 0 Å². The zero-order valence-electron chi connectivity index (χ0n) is 14.7. The number of nitrogens with zero attached hydrogens (tertiary/aromatic N) is 2. The SMILES string of the molecule is COc1ccc(C[C@H]2CN(Cc3scnc3C)CC[C@H]2OC)cc1. The number of thiazole rings is 1. The Morgan fingerprint density at radius 3 is 2.67 bits per heavy atom. The van der Waals surface area contributed by atoms with Crippen LogP contribution in [0.1, 0.15) is 22.6 Å². The number of aromatic nitrogens is 1. The Bertz CT molecular complexity index is 641. The lowest BCUT2D eigenvalue weighted by Crippen LogP contribution is -2.44. The number of hydrogen-bond acceptors (Lipinski definition) is 5. The molecule has 0 unspecified atom stereocenters. The Morgan fingerprint density at radius 2 is 2.04 bits per heavy atom. The van der Waals surface area contributed by atoms with Crippen molar-refractivity contribution >= 4 is 11.3 Å². The van der Waals surface area contributed by atoms with Crippen molar-refractivity contribution in [1.29, 1.82) is 0 Å². The molecule has 1 aliphatic heterocycles. The normalized spacial score (nSPS) is 21.8. The van der Waals surface area contributed by atoms with Gasteiger partial charge >= 0.3 is 0 Å². The second kappa shape index (κ2) is 8.10. The van der Waals surface area contributed by atoms with Crippen molar-refractivity contribution in [2.45, 2.75) is 32.4 Å². The van der Waals surface area contributed by atoms with E-state index in [0.717, 1.165) is 38.2 Å². The molecule has 24 heavy (non-hydrogen) atoms. The van der Waals surface area contributed by atoms with Crippen LogP contribution >= 0.6 is 11.3 Å². The number of rotatable bonds is 6. The molecule has 0 spiro atoms. The van der Waals surface area contributed by atoms with E-state index in [4.69, 9.17) is 9.47 Å². The first-order valence-electron chi connectivity index (χ1n) is 8.46. The highest BCUT2D eigenvalue weighted by Crippen LogP contribution is 2.26. The number of likely N-dealkylation sites (tertiary alicyclic amines) is 1. The molecule has 0 aliphatic carbocycles. The molecule has 0 radical (unpaired) electrons. The second-order valence-electron chi connectivity index (χ2n) is 6.47. The highest BCUT2D eigenvalue weighted by molar-refractivity contribution is 7.09. The smallest absolute Gasteiger partial charge is 0.118 e. The van der Waals surface area contributed by atoms with Crippen LogP contribution in [0, 0.1) is 12.8 Å². The molecule has 1 aromatic heterocycles. The number of methoxy groups -OCH3 is 2. The van der Waals surface area contributed by atoms with E-state index in [9.17, 15) is 0 Å². The molecule has 0 amide bonds. The van der Waals surface area contributed by atoms with Crippen molar-refractivity contribution < 1.29 is 9.47 Å². The van der Waals surface area contributed by atoms with E-state index in [1.807, 2.05) is 24.8 Å². The van der Waals surface area contributed by atoms with E-state index >= 15 is 0 Å². The average Bonchev–Trinajstić information content (AvgIpc) is 3.01. The van der Waals surface area contributed by atoms with Gasteiger partial charge in [-0.15, -0.1) is 11.3 Å². The third-order valence-corrected chi connectivity index (χ3v) is 5.84. The van der Waals surface area contributed by atoms with Crippen LogP contribution in [-0.2, 0) is 17.7 Å². The van der Waals surface area contributed by atoms with Crippen LogP contribution < -0.4 is 4.74 Å². The van der Waals surface area contributed by atoms with Crippen molar-refractivity contribution in [1.82, 2.24) is 9.88 Å². The summed E-state index contributed by atoms with van der Waals surface area (Å²) in [5, 5.41) is 0. The predicted octanol–water partition coefficient (Wildman–Crippen LogP) is 3.54. The molecule has 1 saturated heterocycles. The minimum Gasteiger partial charge on any atom is -0.497 e. The molecule has 1 fully saturated rings. The highest BCUT2D eigenvalue weighted by Gasteiger charge is 2.29. The van der Waals surface area contributed by atoms with Gasteiger partial charge in [-0.2, -0.15) is 0 Å². The number of ether oxygens (including phenoxy) is 2. The van der Waals surface area contributed by atoms with Crippen LogP contribution in [0.5, 0.6) is 5.75 Å². The van der Waals surface area contributed by atoms with Crippen molar-refractivity contribution in [3.05, 3.63) is 45.9 Å². The fourth-order valence-corrected chi connectivity index (χ4v) is 4.30. The lowest BCUT2D eigenvalue weighted by molar-refractivity contribution is -0.00828. The summed E-state index contributed by atoms with van der Waals surface area (Å²) in [7, 11) is 3.55. The topological polar surface area (TPSA) is 34.6 Å². The molecule has 0 saturated carbocycles. The lowest BCUT2D eigenvalue weighted by Gasteiger charge is -2.38. The molecule has 3 rings (SSSR count). The fourth-order valence-electron chi connectivity index (χ4n) is 3.48. The van der Waals surface area contributed by atoms with Crippen molar-refractivity contribution in [2.75, 3.05) is 27.3 Å². The summed E-state index contributed by atoms with van der Waals surface area (Å²) in [5.74, 6) is 1.43. The van der Waals surface area contributed by atoms with Crippen molar-refractivity contribution in [3.63, 3.8) is 0 Å². The average molecular weight is 346 g/mol. The zero-order valence-corrected chi connectivity index (χ0v) is 15.5.